The minimum absolute atomic E-state index is 0.0770. The lowest BCUT2D eigenvalue weighted by Gasteiger charge is -2.32. The predicted molar refractivity (Wildman–Crippen MR) is 112 cm³/mol. The van der Waals surface area contributed by atoms with Crippen LogP contribution in [0.5, 0.6) is 5.75 Å². The molecule has 1 aliphatic heterocycles. The molecular weight excluding hydrogens is 348 g/mol. The van der Waals surface area contributed by atoms with Crippen LogP contribution >= 0.6 is 0 Å². The number of ether oxygens (including phenoxy) is 1. The molecule has 1 aromatic heterocycles. The molecule has 3 aromatic rings. The third kappa shape index (κ3) is 4.23. The van der Waals surface area contributed by atoms with E-state index in [0.717, 1.165) is 66.7 Å². The Hall–Kier alpha value is -2.72. The molecule has 0 bridgehead atoms. The number of piperidine rings is 1. The number of ketones is 1. The molecule has 4 nitrogen and oxygen atoms in total. The van der Waals surface area contributed by atoms with Crippen molar-refractivity contribution in [3.8, 4) is 5.75 Å². The molecule has 1 unspecified atom stereocenters. The van der Waals surface area contributed by atoms with Crippen LogP contribution in [-0.2, 0) is 6.42 Å². The van der Waals surface area contributed by atoms with E-state index in [4.69, 9.17) is 4.74 Å². The standard InChI is InChI=1S/C24H26N2O2/c1-28-23-10-9-18-15-20(8-7-19(18)16-23)24(27)21-5-4-13-26(17-21)14-11-22-6-2-3-12-25-22/h2-3,6-10,12,15-16,21H,4-5,11,13-14,17H2,1H3. The van der Waals surface area contributed by atoms with Crippen LogP contribution < -0.4 is 4.74 Å². The number of nitrogens with zero attached hydrogens (tertiary/aromatic N) is 2. The zero-order chi connectivity index (χ0) is 19.3. The van der Waals surface area contributed by atoms with Gasteiger partial charge in [-0.1, -0.05) is 24.3 Å². The monoisotopic (exact) mass is 374 g/mol. The highest BCUT2D eigenvalue weighted by atomic mass is 16.5. The number of carbonyl (C=O) groups is 1. The molecule has 2 heterocycles. The summed E-state index contributed by atoms with van der Waals surface area (Å²) < 4.78 is 5.28. The van der Waals surface area contributed by atoms with E-state index in [1.807, 2.05) is 54.7 Å². The third-order valence-electron chi connectivity index (χ3n) is 5.62. The molecule has 0 spiro atoms. The smallest absolute Gasteiger partial charge is 0.167 e. The van der Waals surface area contributed by atoms with Gasteiger partial charge in [0.15, 0.2) is 5.78 Å². The van der Waals surface area contributed by atoms with E-state index in [0.29, 0.717) is 0 Å². The summed E-state index contributed by atoms with van der Waals surface area (Å²) in [6.45, 7) is 2.86. The van der Waals surface area contributed by atoms with Gasteiger partial charge in [0, 0.05) is 42.9 Å². The van der Waals surface area contributed by atoms with Gasteiger partial charge in [0.05, 0.1) is 7.11 Å². The maximum absolute atomic E-state index is 13.1. The van der Waals surface area contributed by atoms with E-state index in [1.165, 1.54) is 0 Å². The van der Waals surface area contributed by atoms with E-state index in [2.05, 4.69) is 16.0 Å². The van der Waals surface area contributed by atoms with Gasteiger partial charge in [-0.15, -0.1) is 0 Å². The number of carbonyl (C=O) groups excluding carboxylic acids is 1. The number of aromatic nitrogens is 1. The molecule has 144 valence electrons. The largest absolute Gasteiger partial charge is 0.497 e. The van der Waals surface area contributed by atoms with Crippen molar-refractivity contribution >= 4 is 16.6 Å². The maximum Gasteiger partial charge on any atom is 0.167 e. The van der Waals surface area contributed by atoms with Crippen LogP contribution in [0.15, 0.2) is 60.8 Å². The quantitative estimate of drug-likeness (QED) is 0.601. The average molecular weight is 374 g/mol. The minimum atomic E-state index is 0.0770. The number of fused-ring (bicyclic) bond motifs is 1. The number of likely N-dealkylation sites (tertiary alicyclic amines) is 1. The van der Waals surface area contributed by atoms with Gasteiger partial charge in [0.2, 0.25) is 0 Å². The molecule has 4 heteroatoms. The van der Waals surface area contributed by atoms with Crippen molar-refractivity contribution in [3.05, 3.63) is 72.1 Å². The van der Waals surface area contributed by atoms with Gasteiger partial charge >= 0.3 is 0 Å². The first-order valence-corrected chi connectivity index (χ1v) is 9.97. The van der Waals surface area contributed by atoms with Gasteiger partial charge in [-0.3, -0.25) is 9.78 Å². The molecule has 0 saturated carbocycles. The number of methoxy groups -OCH3 is 1. The normalized spacial score (nSPS) is 17.5. The molecule has 0 amide bonds. The molecule has 4 rings (SSSR count). The topological polar surface area (TPSA) is 42.4 Å². The summed E-state index contributed by atoms with van der Waals surface area (Å²) in [5.41, 5.74) is 1.93. The first-order valence-electron chi connectivity index (χ1n) is 9.97. The summed E-state index contributed by atoms with van der Waals surface area (Å²) in [6.07, 6.45) is 4.82. The van der Waals surface area contributed by atoms with Crippen LogP contribution in [-0.4, -0.2) is 42.4 Å². The van der Waals surface area contributed by atoms with Gasteiger partial charge in [-0.25, -0.2) is 0 Å². The summed E-state index contributed by atoms with van der Waals surface area (Å²) in [4.78, 5) is 19.9. The van der Waals surface area contributed by atoms with Gasteiger partial charge < -0.3 is 9.64 Å². The second-order valence-electron chi connectivity index (χ2n) is 7.50. The number of pyridine rings is 1. The summed E-state index contributed by atoms with van der Waals surface area (Å²) in [5.74, 6) is 1.18. The molecule has 1 fully saturated rings. The molecule has 1 aliphatic rings. The zero-order valence-corrected chi connectivity index (χ0v) is 16.3. The zero-order valence-electron chi connectivity index (χ0n) is 16.3. The fraction of sp³-hybridized carbons (Fsp3) is 0.333. The highest BCUT2D eigenvalue weighted by molar-refractivity contribution is 6.01. The summed E-state index contributed by atoms with van der Waals surface area (Å²) in [5, 5.41) is 2.17. The van der Waals surface area contributed by atoms with Crippen molar-refractivity contribution in [1.82, 2.24) is 9.88 Å². The van der Waals surface area contributed by atoms with Crippen molar-refractivity contribution in [3.63, 3.8) is 0 Å². The Morgan fingerprint density at radius 2 is 2.00 bits per heavy atom. The fourth-order valence-electron chi connectivity index (χ4n) is 4.03. The molecule has 1 saturated heterocycles. The second-order valence-corrected chi connectivity index (χ2v) is 7.50. The molecule has 0 N–H and O–H groups in total. The number of Topliss-reactive ketones (excluding diaryl/α,β-unsaturated/α-hetero) is 1. The van der Waals surface area contributed by atoms with Gasteiger partial charge in [-0.2, -0.15) is 0 Å². The lowest BCUT2D eigenvalue weighted by Crippen LogP contribution is -2.39. The SMILES string of the molecule is COc1ccc2cc(C(=O)C3CCCN(CCc4ccccn4)C3)ccc2c1. The maximum atomic E-state index is 13.1. The number of hydrogen-bond donors (Lipinski definition) is 0. The van der Waals surface area contributed by atoms with Crippen molar-refractivity contribution in [2.75, 3.05) is 26.7 Å². The molecule has 0 aliphatic carbocycles. The van der Waals surface area contributed by atoms with Crippen LogP contribution in [0, 0.1) is 5.92 Å². The highest BCUT2D eigenvalue weighted by Gasteiger charge is 2.26. The first-order chi connectivity index (χ1) is 13.7. The molecule has 1 atom stereocenters. The Morgan fingerprint density at radius 1 is 1.14 bits per heavy atom. The highest BCUT2D eigenvalue weighted by Crippen LogP contribution is 2.25. The minimum Gasteiger partial charge on any atom is -0.497 e. The van der Waals surface area contributed by atoms with Gasteiger partial charge in [0.1, 0.15) is 5.75 Å². The lowest BCUT2D eigenvalue weighted by molar-refractivity contribution is 0.0821. The molecular formula is C24H26N2O2. The van der Waals surface area contributed by atoms with Gasteiger partial charge in [0.25, 0.3) is 0 Å². The van der Waals surface area contributed by atoms with Crippen molar-refractivity contribution in [1.29, 1.82) is 0 Å². The first kappa shape index (κ1) is 18.6. The van der Waals surface area contributed by atoms with Crippen molar-refractivity contribution < 1.29 is 9.53 Å². The van der Waals surface area contributed by atoms with Crippen LogP contribution in [0.3, 0.4) is 0 Å². The van der Waals surface area contributed by atoms with Crippen LogP contribution in [0.4, 0.5) is 0 Å². The second kappa shape index (κ2) is 8.53. The van der Waals surface area contributed by atoms with E-state index < -0.39 is 0 Å². The predicted octanol–water partition coefficient (Wildman–Crippen LogP) is 4.38. The van der Waals surface area contributed by atoms with E-state index in [1.54, 1.807) is 7.11 Å². The Morgan fingerprint density at radius 3 is 2.82 bits per heavy atom. The Bertz CT molecular complexity index is 955. The molecule has 28 heavy (non-hydrogen) atoms. The van der Waals surface area contributed by atoms with Crippen molar-refractivity contribution in [2.45, 2.75) is 19.3 Å². The Kier molecular flexibility index (Phi) is 5.68. The summed E-state index contributed by atoms with van der Waals surface area (Å²) in [7, 11) is 1.67. The summed E-state index contributed by atoms with van der Waals surface area (Å²) in [6, 6.07) is 18.0. The lowest BCUT2D eigenvalue weighted by atomic mass is 9.89. The van der Waals surface area contributed by atoms with Crippen LogP contribution in [0.1, 0.15) is 28.9 Å². The van der Waals surface area contributed by atoms with Crippen molar-refractivity contribution in [2.24, 2.45) is 5.92 Å². The molecule has 2 aromatic carbocycles. The van der Waals surface area contributed by atoms with E-state index in [9.17, 15) is 4.79 Å². The van der Waals surface area contributed by atoms with Gasteiger partial charge in [-0.05, 0) is 60.5 Å². The van der Waals surface area contributed by atoms with Crippen LogP contribution in [0.2, 0.25) is 0 Å². The number of benzene rings is 2. The Balaban J connectivity index is 1.43. The fourth-order valence-corrected chi connectivity index (χ4v) is 4.03. The van der Waals surface area contributed by atoms with E-state index in [-0.39, 0.29) is 11.7 Å². The average Bonchev–Trinajstić information content (AvgIpc) is 2.77. The number of rotatable bonds is 6. The van der Waals surface area contributed by atoms with Crippen LogP contribution in [0.25, 0.3) is 10.8 Å². The third-order valence-corrected chi connectivity index (χ3v) is 5.62. The molecule has 0 radical (unpaired) electrons. The summed E-state index contributed by atoms with van der Waals surface area (Å²) >= 11 is 0. The van der Waals surface area contributed by atoms with E-state index >= 15 is 0 Å². The number of hydrogen-bond acceptors (Lipinski definition) is 4. The Labute approximate surface area is 166 Å².